The van der Waals surface area contributed by atoms with E-state index in [1.807, 2.05) is 0 Å². The van der Waals surface area contributed by atoms with Crippen LogP contribution in [0, 0.1) is 0 Å². The van der Waals surface area contributed by atoms with Crippen LogP contribution in [0.15, 0.2) is 271 Å². The van der Waals surface area contributed by atoms with Crippen molar-refractivity contribution in [2.24, 2.45) is 0 Å². The van der Waals surface area contributed by atoms with Gasteiger partial charge in [-0.1, -0.05) is 194 Å². The predicted octanol–water partition coefficient (Wildman–Crippen LogP) is 19.9. The first-order valence-electron chi connectivity index (χ1n) is 25.8. The maximum atomic E-state index is 6.88. The summed E-state index contributed by atoms with van der Waals surface area (Å²) in [7, 11) is 0. The summed E-state index contributed by atoms with van der Waals surface area (Å²) in [5, 5.41) is 14.7. The van der Waals surface area contributed by atoms with Gasteiger partial charge in [-0.05, 0) is 144 Å². The van der Waals surface area contributed by atoms with E-state index >= 15 is 0 Å². The molecule has 16 rings (SSSR count). The Hall–Kier alpha value is -9.96. The monoisotopic (exact) mass is 952 g/mol. The summed E-state index contributed by atoms with van der Waals surface area (Å²) >= 11 is 0. The molecule has 0 radical (unpaired) electrons. The molecule has 3 aromatic heterocycles. The molecule has 3 heterocycles. The Morgan fingerprint density at radius 2 is 0.627 bits per heavy atom. The molecule has 0 fully saturated rings. The fourth-order valence-corrected chi connectivity index (χ4v) is 12.6. The van der Waals surface area contributed by atoms with Crippen molar-refractivity contribution in [1.29, 1.82) is 0 Å². The fraction of sp³-hybridized carbons (Fsp3) is 0. The molecule has 0 atom stereocenters. The second kappa shape index (κ2) is 16.3. The second-order valence-corrected chi connectivity index (χ2v) is 19.9. The number of para-hydroxylation sites is 4. The maximum absolute atomic E-state index is 6.88. The van der Waals surface area contributed by atoms with Crippen LogP contribution in [0.3, 0.4) is 0 Å². The molecule has 0 unspecified atom stereocenters. The summed E-state index contributed by atoms with van der Waals surface area (Å²) in [6.07, 6.45) is 0. The van der Waals surface area contributed by atoms with Crippen LogP contribution >= 0.6 is 0 Å². The van der Waals surface area contributed by atoms with Crippen molar-refractivity contribution in [3.05, 3.63) is 267 Å². The van der Waals surface area contributed by atoms with E-state index in [1.54, 1.807) is 0 Å². The zero-order chi connectivity index (χ0) is 49.1. The molecular weight excluding hydrogens is 909 g/mol. The minimum absolute atomic E-state index is 0.853. The maximum Gasteiger partial charge on any atom is 0.138 e. The third kappa shape index (κ3) is 6.28. The highest BCUT2D eigenvalue weighted by molar-refractivity contribution is 6.26. The van der Waals surface area contributed by atoms with Crippen LogP contribution in [-0.2, 0) is 0 Å². The second-order valence-electron chi connectivity index (χ2n) is 19.9. The van der Waals surface area contributed by atoms with Crippen LogP contribution in [0.5, 0.6) is 0 Å². The van der Waals surface area contributed by atoms with Gasteiger partial charge in [-0.3, -0.25) is 0 Å². The summed E-state index contributed by atoms with van der Waals surface area (Å²) in [6, 6.07) is 97.8. The molecule has 0 bridgehead atoms. The molecule has 16 aromatic rings. The Bertz CT molecular complexity index is 4980. The van der Waals surface area contributed by atoms with E-state index in [1.165, 1.54) is 92.7 Å². The summed E-state index contributed by atoms with van der Waals surface area (Å²) < 4.78 is 11.7. The zero-order valence-corrected chi connectivity index (χ0v) is 40.7. The Morgan fingerprint density at radius 1 is 0.213 bits per heavy atom. The number of hydrogen-bond acceptors (Lipinski definition) is 1. The van der Waals surface area contributed by atoms with Gasteiger partial charge in [-0.25, -0.2) is 0 Å². The van der Waals surface area contributed by atoms with Crippen molar-refractivity contribution < 1.29 is 4.42 Å². The molecule has 0 saturated carbocycles. The molecule has 13 aromatic carbocycles. The Morgan fingerprint density at radius 3 is 1.24 bits per heavy atom. The van der Waals surface area contributed by atoms with E-state index in [9.17, 15) is 0 Å². The fourth-order valence-electron chi connectivity index (χ4n) is 12.6. The van der Waals surface area contributed by atoms with Crippen LogP contribution in [0.4, 0.5) is 0 Å². The predicted molar refractivity (Wildman–Crippen MR) is 317 cm³/mol. The lowest BCUT2D eigenvalue weighted by molar-refractivity contribution is 0.668. The molecule has 3 nitrogen and oxygen atoms in total. The van der Waals surface area contributed by atoms with Gasteiger partial charge in [-0.15, -0.1) is 0 Å². The van der Waals surface area contributed by atoms with Gasteiger partial charge >= 0.3 is 0 Å². The average Bonchev–Trinajstić information content (AvgIpc) is 4.14. The van der Waals surface area contributed by atoms with E-state index in [0.717, 1.165) is 61.0 Å². The third-order valence-corrected chi connectivity index (χ3v) is 15.9. The molecule has 348 valence electrons. The molecule has 0 N–H and O–H groups in total. The van der Waals surface area contributed by atoms with Crippen LogP contribution in [-0.4, -0.2) is 9.13 Å². The highest BCUT2D eigenvalue weighted by Crippen LogP contribution is 2.47. The first kappa shape index (κ1) is 41.6. The number of nitrogens with zero attached hydrogens (tertiary/aromatic N) is 2. The number of aromatic nitrogens is 2. The van der Waals surface area contributed by atoms with Crippen LogP contribution in [0.1, 0.15) is 0 Å². The van der Waals surface area contributed by atoms with Gasteiger partial charge in [-0.2, -0.15) is 0 Å². The third-order valence-electron chi connectivity index (χ3n) is 15.9. The highest BCUT2D eigenvalue weighted by atomic mass is 16.3. The Kier molecular flexibility index (Phi) is 9.04. The minimum Gasteiger partial charge on any atom is -0.456 e. The first-order chi connectivity index (χ1) is 37.2. The lowest BCUT2D eigenvalue weighted by Crippen LogP contribution is -1.96. The SMILES string of the molecule is c1ccc(-n2c3ccccc3c3cc(-c4ccc5c(c4)c4ccccc4n5-c4cc(-c5ccccc5-c5ccccc5-c5ccc6c7ccccc7c7ccccc7c6c5)c5c(c4)oc4ccccc45)ccc32)cc1. The Balaban J connectivity index is 0.881. The van der Waals surface area contributed by atoms with Crippen molar-refractivity contribution in [3.8, 4) is 55.9 Å². The van der Waals surface area contributed by atoms with Crippen molar-refractivity contribution in [2.75, 3.05) is 0 Å². The van der Waals surface area contributed by atoms with Crippen LogP contribution in [0.2, 0.25) is 0 Å². The highest BCUT2D eigenvalue weighted by Gasteiger charge is 2.22. The minimum atomic E-state index is 0.853. The van der Waals surface area contributed by atoms with Gasteiger partial charge in [0.15, 0.2) is 0 Å². The molecule has 75 heavy (non-hydrogen) atoms. The smallest absolute Gasteiger partial charge is 0.138 e. The van der Waals surface area contributed by atoms with Crippen LogP contribution < -0.4 is 0 Å². The van der Waals surface area contributed by atoms with E-state index in [0.29, 0.717) is 0 Å². The number of furan rings is 1. The van der Waals surface area contributed by atoms with E-state index in [4.69, 9.17) is 4.42 Å². The normalized spacial score (nSPS) is 12.0. The lowest BCUT2D eigenvalue weighted by atomic mass is 9.86. The topological polar surface area (TPSA) is 23.0 Å². The van der Waals surface area contributed by atoms with Gasteiger partial charge in [0.2, 0.25) is 0 Å². The van der Waals surface area contributed by atoms with Crippen molar-refractivity contribution in [1.82, 2.24) is 9.13 Å². The summed E-state index contributed by atoms with van der Waals surface area (Å²) in [5.74, 6) is 0. The van der Waals surface area contributed by atoms with Crippen molar-refractivity contribution in [3.63, 3.8) is 0 Å². The number of rotatable bonds is 6. The van der Waals surface area contributed by atoms with Crippen molar-refractivity contribution >= 4 is 97.9 Å². The number of hydrogen-bond donors (Lipinski definition) is 0. The van der Waals surface area contributed by atoms with E-state index < -0.39 is 0 Å². The van der Waals surface area contributed by atoms with Crippen molar-refractivity contribution in [2.45, 2.75) is 0 Å². The van der Waals surface area contributed by atoms with E-state index in [-0.39, 0.29) is 0 Å². The van der Waals surface area contributed by atoms with Crippen LogP contribution in [0.25, 0.3) is 154 Å². The molecule has 3 heteroatoms. The summed E-state index contributed by atoms with van der Waals surface area (Å²) in [5.41, 5.74) is 18.0. The summed E-state index contributed by atoms with van der Waals surface area (Å²) in [6.45, 7) is 0. The number of benzene rings is 13. The molecule has 0 aliphatic rings. The van der Waals surface area contributed by atoms with Gasteiger partial charge in [0, 0.05) is 44.1 Å². The Labute approximate surface area is 432 Å². The zero-order valence-electron chi connectivity index (χ0n) is 40.7. The molecule has 0 aliphatic carbocycles. The largest absolute Gasteiger partial charge is 0.456 e. The average molecular weight is 953 g/mol. The molecule has 0 aliphatic heterocycles. The van der Waals surface area contributed by atoms with Gasteiger partial charge < -0.3 is 13.6 Å². The number of fused-ring (bicyclic) bond motifs is 15. The molecular formula is C72H44N2O. The quantitative estimate of drug-likeness (QED) is 0.152. The molecule has 0 spiro atoms. The van der Waals surface area contributed by atoms with Gasteiger partial charge in [0.05, 0.1) is 27.8 Å². The van der Waals surface area contributed by atoms with Gasteiger partial charge in [0.1, 0.15) is 11.2 Å². The first-order valence-corrected chi connectivity index (χ1v) is 25.8. The van der Waals surface area contributed by atoms with E-state index in [2.05, 4.69) is 276 Å². The standard InChI is InChI=1S/C72H44N2O/c1-2-18-48(19-3-1)73-66-31-15-12-28-59(66)63-40-45(35-38-68(63)73)46-36-39-69-64(41-46)60-29-13-16-32-67(60)74(69)49-43-65(72-61-30-14-17-33-70(61)75-71(72)44-49)57-27-11-9-22-52(57)51-21-5-4-20-50(51)47-34-37-58-55-25-7-6-23-53(55)54-24-8-10-26-56(54)62(58)42-47/h1-44H. The van der Waals surface area contributed by atoms with Gasteiger partial charge in [0.25, 0.3) is 0 Å². The lowest BCUT2D eigenvalue weighted by Gasteiger charge is -2.18. The molecule has 0 amide bonds. The molecule has 0 saturated heterocycles. The summed E-state index contributed by atoms with van der Waals surface area (Å²) in [4.78, 5) is 0.